The van der Waals surface area contributed by atoms with Gasteiger partial charge < -0.3 is 14.0 Å². The van der Waals surface area contributed by atoms with E-state index in [-0.39, 0.29) is 0 Å². The number of fused-ring (bicyclic) bond motifs is 7. The number of hydrogen-bond acceptors (Lipinski definition) is 1. The minimum absolute atomic E-state index is 1.08. The minimum atomic E-state index is 1.08. The molecule has 2 aromatic heterocycles. The van der Waals surface area contributed by atoms with Crippen LogP contribution in [0, 0.1) is 0 Å². The number of para-hydroxylation sites is 4. The van der Waals surface area contributed by atoms with Crippen molar-refractivity contribution in [3.63, 3.8) is 0 Å². The topological polar surface area (TPSA) is 13.1 Å². The van der Waals surface area contributed by atoms with Crippen LogP contribution in [0.5, 0.6) is 0 Å². The van der Waals surface area contributed by atoms with Crippen molar-refractivity contribution in [2.24, 2.45) is 0 Å². The molecule has 61 heavy (non-hydrogen) atoms. The number of anilines is 3. The SMILES string of the molecule is c1ccc(-c2cccc(N(c3ccc(-c4cc(-n5c6ccccc6c6ccccc65)cc5ccccc45)cc3)c3cccc4c3c3ccccc3n4-c3ccccc3)c2)cc1. The molecule has 0 radical (unpaired) electrons. The molecule has 0 aliphatic rings. The first-order chi connectivity index (χ1) is 30.3. The molecule has 3 heteroatoms. The molecule has 0 aliphatic heterocycles. The Labute approximate surface area is 354 Å². The summed E-state index contributed by atoms with van der Waals surface area (Å²) < 4.78 is 4.81. The molecule has 2 heterocycles. The van der Waals surface area contributed by atoms with Crippen LogP contribution in [0.15, 0.2) is 237 Å². The van der Waals surface area contributed by atoms with Crippen LogP contribution >= 0.6 is 0 Å². The molecular weight excluding hydrogens is 739 g/mol. The molecule has 0 bridgehead atoms. The Hall–Kier alpha value is -8.14. The van der Waals surface area contributed by atoms with Gasteiger partial charge in [-0.2, -0.15) is 0 Å². The van der Waals surface area contributed by atoms with Crippen molar-refractivity contribution in [3.8, 4) is 33.6 Å². The zero-order valence-electron chi connectivity index (χ0n) is 33.4. The van der Waals surface area contributed by atoms with Gasteiger partial charge in [0.2, 0.25) is 0 Å². The van der Waals surface area contributed by atoms with Gasteiger partial charge >= 0.3 is 0 Å². The van der Waals surface area contributed by atoms with Crippen molar-refractivity contribution < 1.29 is 0 Å². The zero-order valence-corrected chi connectivity index (χ0v) is 33.4. The summed E-state index contributed by atoms with van der Waals surface area (Å²) >= 11 is 0. The molecular formula is C58H39N3. The highest BCUT2D eigenvalue weighted by atomic mass is 15.1. The van der Waals surface area contributed by atoms with Crippen LogP contribution in [-0.2, 0) is 0 Å². The van der Waals surface area contributed by atoms with E-state index in [1.165, 1.54) is 76.6 Å². The summed E-state index contributed by atoms with van der Waals surface area (Å²) in [7, 11) is 0. The third kappa shape index (κ3) is 5.74. The van der Waals surface area contributed by atoms with Crippen molar-refractivity contribution in [2.75, 3.05) is 4.90 Å². The summed E-state index contributed by atoms with van der Waals surface area (Å²) in [4.78, 5) is 2.44. The van der Waals surface area contributed by atoms with E-state index in [0.29, 0.717) is 0 Å². The Morgan fingerprint density at radius 1 is 0.295 bits per heavy atom. The van der Waals surface area contributed by atoms with E-state index in [1.54, 1.807) is 0 Å². The summed E-state index contributed by atoms with van der Waals surface area (Å²) in [6.45, 7) is 0. The van der Waals surface area contributed by atoms with Gasteiger partial charge in [0.15, 0.2) is 0 Å². The molecule has 0 unspecified atom stereocenters. The molecule has 0 amide bonds. The fraction of sp³-hybridized carbons (Fsp3) is 0. The Morgan fingerprint density at radius 2 is 0.836 bits per heavy atom. The Morgan fingerprint density at radius 3 is 1.56 bits per heavy atom. The molecule has 0 saturated carbocycles. The van der Waals surface area contributed by atoms with E-state index in [9.17, 15) is 0 Å². The molecule has 0 N–H and O–H groups in total. The number of rotatable bonds is 7. The maximum atomic E-state index is 2.44. The molecule has 286 valence electrons. The van der Waals surface area contributed by atoms with E-state index >= 15 is 0 Å². The van der Waals surface area contributed by atoms with E-state index in [4.69, 9.17) is 0 Å². The first-order valence-electron chi connectivity index (χ1n) is 20.9. The van der Waals surface area contributed by atoms with Gasteiger partial charge in [-0.05, 0) is 112 Å². The van der Waals surface area contributed by atoms with Crippen molar-refractivity contribution in [1.29, 1.82) is 0 Å². The second kappa shape index (κ2) is 14.3. The predicted molar refractivity (Wildman–Crippen MR) is 258 cm³/mol. The van der Waals surface area contributed by atoms with Crippen LogP contribution in [0.2, 0.25) is 0 Å². The lowest BCUT2D eigenvalue weighted by molar-refractivity contribution is 1.18. The smallest absolute Gasteiger partial charge is 0.0562 e. The van der Waals surface area contributed by atoms with Gasteiger partial charge in [-0.1, -0.05) is 158 Å². The van der Waals surface area contributed by atoms with Gasteiger partial charge in [-0.3, -0.25) is 0 Å². The van der Waals surface area contributed by atoms with Gasteiger partial charge in [-0.25, -0.2) is 0 Å². The second-order valence-electron chi connectivity index (χ2n) is 15.7. The number of benzene rings is 10. The average Bonchev–Trinajstić information content (AvgIpc) is 3.86. The summed E-state index contributed by atoms with van der Waals surface area (Å²) in [5, 5.41) is 7.38. The molecule has 12 rings (SSSR count). The zero-order chi connectivity index (χ0) is 40.3. The van der Waals surface area contributed by atoms with E-state index in [0.717, 1.165) is 28.4 Å². The Balaban J connectivity index is 1.06. The number of hydrogen-bond donors (Lipinski definition) is 0. The molecule has 0 atom stereocenters. The lowest BCUT2D eigenvalue weighted by Gasteiger charge is -2.27. The van der Waals surface area contributed by atoms with Gasteiger partial charge in [0.1, 0.15) is 0 Å². The van der Waals surface area contributed by atoms with Crippen LogP contribution in [-0.4, -0.2) is 9.13 Å². The highest BCUT2D eigenvalue weighted by Gasteiger charge is 2.22. The Bertz CT molecular complexity index is 3530. The average molecular weight is 778 g/mol. The summed E-state index contributed by atoms with van der Waals surface area (Å²) in [5.41, 5.74) is 15.1. The predicted octanol–water partition coefficient (Wildman–Crippen LogP) is 15.8. The monoisotopic (exact) mass is 777 g/mol. The third-order valence-corrected chi connectivity index (χ3v) is 12.3. The van der Waals surface area contributed by atoms with Crippen molar-refractivity contribution in [2.45, 2.75) is 0 Å². The Kier molecular flexibility index (Phi) is 8.17. The van der Waals surface area contributed by atoms with Crippen LogP contribution in [0.3, 0.4) is 0 Å². The lowest BCUT2D eigenvalue weighted by Crippen LogP contribution is -2.10. The second-order valence-corrected chi connectivity index (χ2v) is 15.7. The molecule has 12 aromatic rings. The normalized spacial score (nSPS) is 11.6. The highest BCUT2D eigenvalue weighted by Crippen LogP contribution is 2.45. The molecule has 3 nitrogen and oxygen atoms in total. The van der Waals surface area contributed by atoms with E-state index < -0.39 is 0 Å². The van der Waals surface area contributed by atoms with Gasteiger partial charge in [0, 0.05) is 44.3 Å². The van der Waals surface area contributed by atoms with Crippen LogP contribution in [0.4, 0.5) is 17.1 Å². The quantitative estimate of drug-likeness (QED) is 0.157. The lowest BCUT2D eigenvalue weighted by atomic mass is 9.96. The fourth-order valence-corrected chi connectivity index (χ4v) is 9.58. The van der Waals surface area contributed by atoms with E-state index in [2.05, 4.69) is 251 Å². The van der Waals surface area contributed by atoms with Crippen LogP contribution in [0.25, 0.3) is 88.0 Å². The third-order valence-electron chi connectivity index (χ3n) is 12.3. The first-order valence-corrected chi connectivity index (χ1v) is 20.9. The molecule has 0 spiro atoms. The summed E-state index contributed by atoms with van der Waals surface area (Å²) in [6.07, 6.45) is 0. The van der Waals surface area contributed by atoms with Gasteiger partial charge in [-0.15, -0.1) is 0 Å². The molecule has 0 fully saturated rings. The number of aromatic nitrogens is 2. The largest absolute Gasteiger partial charge is 0.310 e. The van der Waals surface area contributed by atoms with Gasteiger partial charge in [0.25, 0.3) is 0 Å². The number of nitrogens with zero attached hydrogens (tertiary/aromatic N) is 3. The highest BCUT2D eigenvalue weighted by molar-refractivity contribution is 6.17. The molecule has 10 aromatic carbocycles. The fourth-order valence-electron chi connectivity index (χ4n) is 9.58. The maximum absolute atomic E-state index is 2.44. The van der Waals surface area contributed by atoms with Crippen LogP contribution in [0.1, 0.15) is 0 Å². The maximum Gasteiger partial charge on any atom is 0.0562 e. The molecule has 0 saturated heterocycles. The van der Waals surface area contributed by atoms with Crippen LogP contribution < -0.4 is 4.90 Å². The minimum Gasteiger partial charge on any atom is -0.310 e. The molecule has 0 aliphatic carbocycles. The van der Waals surface area contributed by atoms with Crippen molar-refractivity contribution in [1.82, 2.24) is 9.13 Å². The first kappa shape index (κ1) is 34.9. The summed E-state index contributed by atoms with van der Waals surface area (Å²) in [6, 6.07) is 86.0. The summed E-state index contributed by atoms with van der Waals surface area (Å²) in [5.74, 6) is 0. The van der Waals surface area contributed by atoms with E-state index in [1.807, 2.05) is 0 Å². The van der Waals surface area contributed by atoms with Crippen molar-refractivity contribution >= 4 is 71.4 Å². The van der Waals surface area contributed by atoms with Crippen molar-refractivity contribution in [3.05, 3.63) is 237 Å². The standard InChI is InChI=1S/C58H39N3/c1-3-17-40(18-4-1)42-20-15-23-46(37-42)59(56-31-16-32-57-58(56)51-27-11-14-30-55(51)60(57)44-21-5-2-6-22-44)45-35-33-41(34-36-45)52-39-47(38-43-19-7-8-24-48(43)52)61-53-28-12-9-25-49(53)50-26-10-13-29-54(50)61/h1-39H. The van der Waals surface area contributed by atoms with Gasteiger partial charge in [0.05, 0.1) is 27.8 Å².